The van der Waals surface area contributed by atoms with Crippen LogP contribution in [-0.4, -0.2) is 37.1 Å². The molecule has 0 bridgehead atoms. The first kappa shape index (κ1) is 17.9. The van der Waals surface area contributed by atoms with Crippen molar-refractivity contribution in [1.82, 2.24) is 10.2 Å². The van der Waals surface area contributed by atoms with E-state index in [1.807, 2.05) is 0 Å². The summed E-state index contributed by atoms with van der Waals surface area (Å²) in [6.45, 7) is 16.3. The molecular formula is C16H36N2. The zero-order chi connectivity index (χ0) is 13.8. The van der Waals surface area contributed by atoms with E-state index in [2.05, 4.69) is 44.8 Å². The van der Waals surface area contributed by atoms with Gasteiger partial charge in [0.25, 0.3) is 0 Å². The minimum absolute atomic E-state index is 0.785. The van der Waals surface area contributed by atoms with Crippen LogP contribution in [0.3, 0.4) is 0 Å². The number of unbranched alkanes of at least 4 members (excludes halogenated alkanes) is 2. The Morgan fingerprint density at radius 3 is 2.11 bits per heavy atom. The van der Waals surface area contributed by atoms with Gasteiger partial charge in [0, 0.05) is 12.6 Å². The average Bonchev–Trinajstić information content (AvgIpc) is 2.34. The monoisotopic (exact) mass is 256 g/mol. The predicted octanol–water partition coefficient (Wildman–Crippen LogP) is 3.91. The number of hydrogen-bond donors (Lipinski definition) is 1. The Balaban J connectivity index is 3.86. The number of hydrogen-bond acceptors (Lipinski definition) is 2. The molecule has 2 heteroatoms. The van der Waals surface area contributed by atoms with Crippen molar-refractivity contribution in [1.29, 1.82) is 0 Å². The maximum atomic E-state index is 3.40. The first-order valence-corrected chi connectivity index (χ1v) is 8.10. The molecule has 0 heterocycles. The van der Waals surface area contributed by atoms with Crippen LogP contribution in [0.4, 0.5) is 0 Å². The lowest BCUT2D eigenvalue weighted by Gasteiger charge is -2.32. The third kappa shape index (κ3) is 8.93. The maximum Gasteiger partial charge on any atom is 0.00901 e. The molecule has 0 saturated heterocycles. The molecule has 0 aliphatic rings. The van der Waals surface area contributed by atoms with Crippen LogP contribution in [0.15, 0.2) is 0 Å². The van der Waals surface area contributed by atoms with Crippen LogP contribution in [0.1, 0.15) is 66.7 Å². The molecule has 0 saturated carbocycles. The van der Waals surface area contributed by atoms with Crippen LogP contribution in [0.5, 0.6) is 0 Å². The molecule has 0 aliphatic carbocycles. The second-order valence-electron chi connectivity index (χ2n) is 5.77. The quantitative estimate of drug-likeness (QED) is 0.533. The highest BCUT2D eigenvalue weighted by Crippen LogP contribution is 2.13. The first-order valence-electron chi connectivity index (χ1n) is 8.10. The van der Waals surface area contributed by atoms with E-state index in [1.165, 1.54) is 51.7 Å². The molecule has 2 nitrogen and oxygen atoms in total. The molecule has 0 unspecified atom stereocenters. The van der Waals surface area contributed by atoms with Crippen LogP contribution >= 0.6 is 0 Å². The highest BCUT2D eigenvalue weighted by molar-refractivity contribution is 4.70. The van der Waals surface area contributed by atoms with E-state index in [0.29, 0.717) is 0 Å². The van der Waals surface area contributed by atoms with Crippen molar-refractivity contribution in [2.45, 2.75) is 72.8 Å². The Morgan fingerprint density at radius 1 is 0.944 bits per heavy atom. The summed E-state index contributed by atoms with van der Waals surface area (Å²) in [6.07, 6.45) is 6.63. The molecule has 0 fully saturated rings. The third-order valence-corrected chi connectivity index (χ3v) is 3.61. The standard InChI is InChI=1S/C16H36N2/c1-6-16(7-2)18(14-15(4)5)13-11-9-10-12-17-8-3/h15-17H,6-14H2,1-5H3. The second kappa shape index (κ2) is 12.0. The van der Waals surface area contributed by atoms with Crippen LogP contribution in [0.2, 0.25) is 0 Å². The topological polar surface area (TPSA) is 15.3 Å². The Labute approximate surface area is 116 Å². The van der Waals surface area contributed by atoms with Crippen molar-refractivity contribution in [3.05, 3.63) is 0 Å². The molecule has 0 spiro atoms. The van der Waals surface area contributed by atoms with Gasteiger partial charge in [-0.3, -0.25) is 0 Å². The fourth-order valence-electron chi connectivity index (χ4n) is 2.62. The summed E-state index contributed by atoms with van der Waals surface area (Å²) < 4.78 is 0. The molecule has 0 atom stereocenters. The van der Waals surface area contributed by atoms with Crippen LogP contribution in [-0.2, 0) is 0 Å². The molecule has 0 radical (unpaired) electrons. The van der Waals surface area contributed by atoms with Gasteiger partial charge in [-0.05, 0) is 51.2 Å². The van der Waals surface area contributed by atoms with Crippen molar-refractivity contribution in [3.8, 4) is 0 Å². The molecule has 1 N–H and O–H groups in total. The lowest BCUT2D eigenvalue weighted by Crippen LogP contribution is -2.38. The summed E-state index contributed by atoms with van der Waals surface area (Å²) in [5, 5.41) is 3.40. The highest BCUT2D eigenvalue weighted by atomic mass is 15.1. The second-order valence-corrected chi connectivity index (χ2v) is 5.77. The molecule has 0 aromatic heterocycles. The fraction of sp³-hybridized carbons (Fsp3) is 1.00. The summed E-state index contributed by atoms with van der Waals surface area (Å²) in [5.74, 6) is 0.785. The van der Waals surface area contributed by atoms with E-state index >= 15 is 0 Å². The van der Waals surface area contributed by atoms with Crippen LogP contribution in [0.25, 0.3) is 0 Å². The van der Waals surface area contributed by atoms with Gasteiger partial charge in [-0.1, -0.05) is 41.0 Å². The van der Waals surface area contributed by atoms with Gasteiger partial charge in [0.1, 0.15) is 0 Å². The largest absolute Gasteiger partial charge is 0.317 e. The number of nitrogens with one attached hydrogen (secondary N) is 1. The highest BCUT2D eigenvalue weighted by Gasteiger charge is 2.15. The van der Waals surface area contributed by atoms with Gasteiger partial charge >= 0.3 is 0 Å². The molecule has 0 aromatic carbocycles. The van der Waals surface area contributed by atoms with E-state index < -0.39 is 0 Å². The van der Waals surface area contributed by atoms with Gasteiger partial charge in [-0.15, -0.1) is 0 Å². The average molecular weight is 256 g/mol. The number of nitrogens with zero attached hydrogens (tertiary/aromatic N) is 1. The van der Waals surface area contributed by atoms with Crippen molar-refractivity contribution in [2.24, 2.45) is 5.92 Å². The smallest absolute Gasteiger partial charge is 0.00901 e. The normalized spacial score (nSPS) is 12.0. The molecule has 0 rings (SSSR count). The third-order valence-electron chi connectivity index (χ3n) is 3.61. The van der Waals surface area contributed by atoms with Crippen LogP contribution in [0, 0.1) is 5.92 Å². The van der Waals surface area contributed by atoms with Crippen molar-refractivity contribution < 1.29 is 0 Å². The SMILES string of the molecule is CCNCCCCCN(CC(C)C)C(CC)CC. The van der Waals surface area contributed by atoms with E-state index in [-0.39, 0.29) is 0 Å². The minimum atomic E-state index is 0.785. The Kier molecular flexibility index (Phi) is 11.9. The Hall–Kier alpha value is -0.0800. The fourth-order valence-corrected chi connectivity index (χ4v) is 2.62. The van der Waals surface area contributed by atoms with Crippen molar-refractivity contribution in [3.63, 3.8) is 0 Å². The van der Waals surface area contributed by atoms with E-state index in [1.54, 1.807) is 0 Å². The van der Waals surface area contributed by atoms with E-state index in [4.69, 9.17) is 0 Å². The van der Waals surface area contributed by atoms with Gasteiger partial charge in [0.2, 0.25) is 0 Å². The summed E-state index contributed by atoms with van der Waals surface area (Å²) >= 11 is 0. The van der Waals surface area contributed by atoms with Gasteiger partial charge in [-0.2, -0.15) is 0 Å². The summed E-state index contributed by atoms with van der Waals surface area (Å²) in [4.78, 5) is 2.72. The lowest BCUT2D eigenvalue weighted by molar-refractivity contribution is 0.162. The first-order chi connectivity index (χ1) is 8.65. The molecule has 0 aliphatic heterocycles. The minimum Gasteiger partial charge on any atom is -0.317 e. The molecular weight excluding hydrogens is 220 g/mol. The van der Waals surface area contributed by atoms with Gasteiger partial charge in [-0.25, -0.2) is 0 Å². The Bertz CT molecular complexity index is 164. The van der Waals surface area contributed by atoms with Gasteiger partial charge < -0.3 is 10.2 Å². The molecule has 0 amide bonds. The summed E-state index contributed by atoms with van der Waals surface area (Å²) in [5.41, 5.74) is 0. The van der Waals surface area contributed by atoms with Gasteiger partial charge in [0.05, 0.1) is 0 Å². The van der Waals surface area contributed by atoms with Crippen LogP contribution < -0.4 is 5.32 Å². The zero-order valence-corrected chi connectivity index (χ0v) is 13.5. The van der Waals surface area contributed by atoms with E-state index in [0.717, 1.165) is 18.5 Å². The van der Waals surface area contributed by atoms with E-state index in [9.17, 15) is 0 Å². The number of rotatable bonds is 12. The maximum absolute atomic E-state index is 3.40. The van der Waals surface area contributed by atoms with Crippen molar-refractivity contribution >= 4 is 0 Å². The molecule has 0 aromatic rings. The van der Waals surface area contributed by atoms with Gasteiger partial charge in [0.15, 0.2) is 0 Å². The van der Waals surface area contributed by atoms with Crippen molar-refractivity contribution in [2.75, 3.05) is 26.2 Å². The Morgan fingerprint density at radius 2 is 1.61 bits per heavy atom. The predicted molar refractivity (Wildman–Crippen MR) is 83.2 cm³/mol. The molecule has 18 heavy (non-hydrogen) atoms. The summed E-state index contributed by atoms with van der Waals surface area (Å²) in [7, 11) is 0. The molecule has 110 valence electrons. The lowest BCUT2D eigenvalue weighted by atomic mass is 10.1. The summed E-state index contributed by atoms with van der Waals surface area (Å²) in [6, 6.07) is 0.793. The zero-order valence-electron chi connectivity index (χ0n) is 13.5.